The number of benzene rings is 1. The van der Waals surface area contributed by atoms with Crippen molar-refractivity contribution in [1.29, 1.82) is 0 Å². The summed E-state index contributed by atoms with van der Waals surface area (Å²) >= 11 is 2.96. The van der Waals surface area contributed by atoms with Gasteiger partial charge in [-0.05, 0) is 43.3 Å². The molecule has 0 unspecified atom stereocenters. The topological polar surface area (TPSA) is 48.4 Å². The second-order valence-electron chi connectivity index (χ2n) is 4.86. The minimum atomic E-state index is -0.304. The molecule has 0 atom stereocenters. The van der Waals surface area contributed by atoms with Crippen LogP contribution in [0.5, 0.6) is 5.75 Å². The minimum Gasteiger partial charge on any atom is -0.497 e. The summed E-state index contributed by atoms with van der Waals surface area (Å²) in [5.74, 6) is 0.507. The summed E-state index contributed by atoms with van der Waals surface area (Å²) in [6.07, 6.45) is 0. The molecule has 6 heteroatoms. The number of thiophene rings is 1. The van der Waals surface area contributed by atoms with Crippen molar-refractivity contribution in [3.8, 4) is 16.3 Å². The van der Waals surface area contributed by atoms with E-state index in [2.05, 4.69) is 4.98 Å². The molecule has 0 amide bonds. The fourth-order valence-electron chi connectivity index (χ4n) is 1.99. The van der Waals surface area contributed by atoms with Crippen molar-refractivity contribution in [2.45, 2.75) is 13.5 Å². The summed E-state index contributed by atoms with van der Waals surface area (Å²) in [5.41, 5.74) is 1.77. The molecule has 3 rings (SSSR count). The number of rotatable bonds is 5. The second-order valence-corrected chi connectivity index (χ2v) is 7.00. The number of aryl methyl sites for hydroxylation is 1. The third-order valence-electron chi connectivity index (χ3n) is 3.18. The van der Waals surface area contributed by atoms with Crippen LogP contribution in [0.3, 0.4) is 0 Å². The zero-order chi connectivity index (χ0) is 16.2. The van der Waals surface area contributed by atoms with Crippen molar-refractivity contribution in [2.75, 3.05) is 7.11 Å². The average Bonchev–Trinajstić information content (AvgIpc) is 3.22. The quantitative estimate of drug-likeness (QED) is 0.637. The third kappa shape index (κ3) is 3.78. The van der Waals surface area contributed by atoms with E-state index >= 15 is 0 Å². The van der Waals surface area contributed by atoms with Gasteiger partial charge in [0.25, 0.3) is 0 Å². The van der Waals surface area contributed by atoms with E-state index in [0.717, 1.165) is 26.9 Å². The maximum Gasteiger partial charge on any atom is 0.348 e. The molecule has 0 aliphatic heterocycles. The molecule has 2 heterocycles. The van der Waals surface area contributed by atoms with Gasteiger partial charge in [0, 0.05) is 15.8 Å². The van der Waals surface area contributed by atoms with Gasteiger partial charge in [-0.1, -0.05) is 0 Å². The van der Waals surface area contributed by atoms with E-state index in [4.69, 9.17) is 9.47 Å². The number of thiazole rings is 1. The number of aromatic nitrogens is 1. The van der Waals surface area contributed by atoms with Gasteiger partial charge >= 0.3 is 5.97 Å². The number of nitrogens with zero attached hydrogens (tertiary/aromatic N) is 1. The smallest absolute Gasteiger partial charge is 0.348 e. The Morgan fingerprint density at radius 2 is 1.96 bits per heavy atom. The van der Waals surface area contributed by atoms with Crippen LogP contribution >= 0.6 is 22.7 Å². The number of carbonyl (C=O) groups is 1. The van der Waals surface area contributed by atoms with Crippen LogP contribution in [-0.2, 0) is 11.3 Å². The van der Waals surface area contributed by atoms with Crippen LogP contribution in [0.15, 0.2) is 41.8 Å². The van der Waals surface area contributed by atoms with E-state index in [9.17, 15) is 4.79 Å². The molecule has 3 aromatic rings. The van der Waals surface area contributed by atoms with Crippen LogP contribution in [0.1, 0.15) is 20.2 Å². The fourth-order valence-corrected chi connectivity index (χ4v) is 3.57. The molecule has 0 fully saturated rings. The number of esters is 1. The van der Waals surface area contributed by atoms with Crippen molar-refractivity contribution in [1.82, 2.24) is 4.98 Å². The van der Waals surface area contributed by atoms with Crippen molar-refractivity contribution in [3.05, 3.63) is 57.2 Å². The van der Waals surface area contributed by atoms with E-state index in [1.807, 2.05) is 42.6 Å². The number of ether oxygens (including phenoxy) is 2. The Bertz CT molecular complexity index is 805. The summed E-state index contributed by atoms with van der Waals surface area (Å²) < 4.78 is 10.5. The molecule has 0 N–H and O–H groups in total. The summed E-state index contributed by atoms with van der Waals surface area (Å²) in [7, 11) is 1.64. The van der Waals surface area contributed by atoms with E-state index in [-0.39, 0.29) is 12.6 Å². The highest BCUT2D eigenvalue weighted by Gasteiger charge is 2.11. The van der Waals surface area contributed by atoms with Crippen molar-refractivity contribution in [3.63, 3.8) is 0 Å². The largest absolute Gasteiger partial charge is 0.497 e. The number of hydrogen-bond acceptors (Lipinski definition) is 6. The Hall–Kier alpha value is -2.18. The molecule has 0 aliphatic rings. The van der Waals surface area contributed by atoms with E-state index < -0.39 is 0 Å². The summed E-state index contributed by atoms with van der Waals surface area (Å²) in [6.45, 7) is 2.14. The Balaban J connectivity index is 1.63. The molecular weight excluding hydrogens is 330 g/mol. The lowest BCUT2D eigenvalue weighted by Crippen LogP contribution is -2.03. The molecule has 0 radical (unpaired) electrons. The van der Waals surface area contributed by atoms with Crippen LogP contribution < -0.4 is 4.74 Å². The molecule has 4 nitrogen and oxygen atoms in total. The molecule has 118 valence electrons. The second kappa shape index (κ2) is 6.93. The maximum absolute atomic E-state index is 11.9. The monoisotopic (exact) mass is 345 g/mol. The Morgan fingerprint density at radius 1 is 1.17 bits per heavy atom. The molecule has 2 aromatic heterocycles. The van der Waals surface area contributed by atoms with Gasteiger partial charge in [-0.2, -0.15) is 0 Å². The standard InChI is InChI=1S/C17H15NO3S2/c1-11-3-8-15(23-11)17(19)21-9-13-10-22-16(18-13)12-4-6-14(20-2)7-5-12/h3-8,10H,9H2,1-2H3. The van der Waals surface area contributed by atoms with Gasteiger partial charge in [0.05, 0.1) is 12.8 Å². The van der Waals surface area contributed by atoms with E-state index in [0.29, 0.717) is 4.88 Å². The molecular formula is C17H15NO3S2. The predicted molar refractivity (Wildman–Crippen MR) is 92.3 cm³/mol. The van der Waals surface area contributed by atoms with Gasteiger partial charge in [0.15, 0.2) is 0 Å². The average molecular weight is 345 g/mol. The highest BCUT2D eigenvalue weighted by atomic mass is 32.1. The Labute approximate surface area is 142 Å². The number of methoxy groups -OCH3 is 1. The Morgan fingerprint density at radius 3 is 2.61 bits per heavy atom. The lowest BCUT2D eigenvalue weighted by atomic mass is 10.2. The van der Waals surface area contributed by atoms with Gasteiger partial charge in [0.2, 0.25) is 0 Å². The van der Waals surface area contributed by atoms with E-state index in [1.165, 1.54) is 22.7 Å². The highest BCUT2D eigenvalue weighted by molar-refractivity contribution is 7.14. The molecule has 1 aromatic carbocycles. The molecule has 0 saturated heterocycles. The highest BCUT2D eigenvalue weighted by Crippen LogP contribution is 2.26. The first-order chi connectivity index (χ1) is 11.2. The molecule has 0 bridgehead atoms. The van der Waals surface area contributed by atoms with Gasteiger partial charge in [-0.3, -0.25) is 0 Å². The molecule has 0 aliphatic carbocycles. The minimum absolute atomic E-state index is 0.183. The fraction of sp³-hybridized carbons (Fsp3) is 0.176. The molecule has 0 saturated carbocycles. The summed E-state index contributed by atoms with van der Waals surface area (Å²) in [4.78, 5) is 18.1. The number of hydrogen-bond donors (Lipinski definition) is 0. The van der Waals surface area contributed by atoms with Gasteiger partial charge < -0.3 is 9.47 Å². The van der Waals surface area contributed by atoms with E-state index in [1.54, 1.807) is 13.2 Å². The first-order valence-electron chi connectivity index (χ1n) is 6.98. The summed E-state index contributed by atoms with van der Waals surface area (Å²) in [5, 5.41) is 2.80. The third-order valence-corrected chi connectivity index (χ3v) is 5.10. The van der Waals surface area contributed by atoms with Gasteiger partial charge in [-0.15, -0.1) is 22.7 Å². The summed E-state index contributed by atoms with van der Waals surface area (Å²) in [6, 6.07) is 11.4. The van der Waals surface area contributed by atoms with Crippen LogP contribution in [0.4, 0.5) is 0 Å². The molecule has 0 spiro atoms. The lowest BCUT2D eigenvalue weighted by molar-refractivity contribution is 0.0474. The maximum atomic E-state index is 11.9. The zero-order valence-corrected chi connectivity index (χ0v) is 14.4. The first-order valence-corrected chi connectivity index (χ1v) is 8.68. The van der Waals surface area contributed by atoms with Crippen LogP contribution in [0.2, 0.25) is 0 Å². The van der Waals surface area contributed by atoms with Crippen LogP contribution in [0, 0.1) is 6.92 Å². The van der Waals surface area contributed by atoms with Crippen molar-refractivity contribution in [2.24, 2.45) is 0 Å². The molecule has 23 heavy (non-hydrogen) atoms. The lowest BCUT2D eigenvalue weighted by Gasteiger charge is -2.01. The normalized spacial score (nSPS) is 10.5. The van der Waals surface area contributed by atoms with Crippen LogP contribution in [-0.4, -0.2) is 18.1 Å². The SMILES string of the molecule is COc1ccc(-c2nc(COC(=O)c3ccc(C)s3)cs2)cc1. The van der Waals surface area contributed by atoms with Crippen molar-refractivity contribution >= 4 is 28.6 Å². The van der Waals surface area contributed by atoms with Gasteiger partial charge in [-0.25, -0.2) is 9.78 Å². The van der Waals surface area contributed by atoms with Crippen LogP contribution in [0.25, 0.3) is 10.6 Å². The van der Waals surface area contributed by atoms with Gasteiger partial charge in [0.1, 0.15) is 22.2 Å². The zero-order valence-electron chi connectivity index (χ0n) is 12.7. The predicted octanol–water partition coefficient (Wildman–Crippen LogP) is 4.55. The number of carbonyl (C=O) groups excluding carboxylic acids is 1. The van der Waals surface area contributed by atoms with Crippen molar-refractivity contribution < 1.29 is 14.3 Å². The Kier molecular flexibility index (Phi) is 4.73. The first kappa shape index (κ1) is 15.7.